The summed E-state index contributed by atoms with van der Waals surface area (Å²) in [7, 11) is 0. The molecule has 1 aliphatic rings. The Hall–Kier alpha value is -1.71. The third-order valence-corrected chi connectivity index (χ3v) is 4.21. The predicted octanol–water partition coefficient (Wildman–Crippen LogP) is 3.53. The number of nitrogens with one attached hydrogen (secondary N) is 1. The Morgan fingerprint density at radius 2 is 2.00 bits per heavy atom. The molecule has 0 amide bonds. The van der Waals surface area contributed by atoms with E-state index in [-0.39, 0.29) is 24.5 Å². The zero-order valence-corrected chi connectivity index (χ0v) is 11.9. The minimum atomic E-state index is -0.192. The van der Waals surface area contributed by atoms with Crippen LogP contribution in [0.15, 0.2) is 48.5 Å². The summed E-state index contributed by atoms with van der Waals surface area (Å²) in [5, 5.41) is 13.2. The Balaban J connectivity index is 1.84. The highest BCUT2D eigenvalue weighted by Crippen LogP contribution is 2.32. The molecule has 0 fully saturated rings. The first-order valence-corrected chi connectivity index (χ1v) is 7.48. The van der Waals surface area contributed by atoms with E-state index in [9.17, 15) is 9.50 Å². The van der Waals surface area contributed by atoms with Gasteiger partial charge in [-0.05, 0) is 48.1 Å². The molecule has 0 aliphatic heterocycles. The van der Waals surface area contributed by atoms with Crippen molar-refractivity contribution in [2.24, 2.45) is 0 Å². The number of aryl methyl sites for hydroxylation is 1. The average molecular weight is 285 g/mol. The van der Waals surface area contributed by atoms with E-state index in [4.69, 9.17) is 0 Å². The van der Waals surface area contributed by atoms with Crippen LogP contribution in [-0.4, -0.2) is 11.7 Å². The highest BCUT2D eigenvalue weighted by Gasteiger charge is 2.23. The second-order valence-corrected chi connectivity index (χ2v) is 5.60. The molecular weight excluding hydrogens is 265 g/mol. The summed E-state index contributed by atoms with van der Waals surface area (Å²) in [4.78, 5) is 0. The fourth-order valence-electron chi connectivity index (χ4n) is 3.13. The number of aliphatic hydroxyl groups excluding tert-OH is 1. The summed E-state index contributed by atoms with van der Waals surface area (Å²) in [5.41, 5.74) is 3.31. The number of fused-ring (bicyclic) bond motifs is 1. The van der Waals surface area contributed by atoms with Crippen LogP contribution < -0.4 is 5.32 Å². The van der Waals surface area contributed by atoms with Gasteiger partial charge in [0.15, 0.2) is 0 Å². The van der Waals surface area contributed by atoms with Crippen molar-refractivity contribution < 1.29 is 9.50 Å². The van der Waals surface area contributed by atoms with Gasteiger partial charge >= 0.3 is 0 Å². The van der Waals surface area contributed by atoms with Crippen molar-refractivity contribution in [2.75, 3.05) is 6.61 Å². The molecule has 2 N–H and O–H groups in total. The fraction of sp³-hybridized carbons (Fsp3) is 0.333. The van der Waals surface area contributed by atoms with Gasteiger partial charge in [-0.2, -0.15) is 0 Å². The van der Waals surface area contributed by atoms with E-state index in [0.717, 1.165) is 30.4 Å². The molecule has 21 heavy (non-hydrogen) atoms. The van der Waals surface area contributed by atoms with Crippen LogP contribution in [0.4, 0.5) is 4.39 Å². The van der Waals surface area contributed by atoms with E-state index in [1.54, 1.807) is 6.07 Å². The third-order valence-electron chi connectivity index (χ3n) is 4.21. The van der Waals surface area contributed by atoms with Crippen molar-refractivity contribution in [3.63, 3.8) is 0 Å². The summed E-state index contributed by atoms with van der Waals surface area (Å²) in [5.74, 6) is -0.192. The van der Waals surface area contributed by atoms with E-state index < -0.39 is 0 Å². The Morgan fingerprint density at radius 1 is 1.19 bits per heavy atom. The molecule has 0 saturated carbocycles. The molecule has 3 heteroatoms. The molecule has 2 aromatic carbocycles. The molecule has 2 atom stereocenters. The van der Waals surface area contributed by atoms with Gasteiger partial charge in [-0.3, -0.25) is 0 Å². The summed E-state index contributed by atoms with van der Waals surface area (Å²) in [6, 6.07) is 14.9. The van der Waals surface area contributed by atoms with Crippen molar-refractivity contribution in [3.05, 3.63) is 71.0 Å². The Bertz CT molecular complexity index is 599. The SMILES string of the molecule is OCC(NC1CCCc2ccc(F)cc21)c1ccccc1. The smallest absolute Gasteiger partial charge is 0.123 e. The van der Waals surface area contributed by atoms with Gasteiger partial charge in [0.25, 0.3) is 0 Å². The molecule has 2 unspecified atom stereocenters. The van der Waals surface area contributed by atoms with Crippen LogP contribution in [0.3, 0.4) is 0 Å². The zero-order chi connectivity index (χ0) is 14.7. The normalized spacial score (nSPS) is 19.0. The molecule has 0 heterocycles. The lowest BCUT2D eigenvalue weighted by molar-refractivity contribution is 0.228. The first kappa shape index (κ1) is 14.2. The summed E-state index contributed by atoms with van der Waals surface area (Å²) >= 11 is 0. The van der Waals surface area contributed by atoms with Gasteiger partial charge in [-0.25, -0.2) is 4.39 Å². The van der Waals surface area contributed by atoms with Crippen molar-refractivity contribution in [3.8, 4) is 0 Å². The van der Waals surface area contributed by atoms with Gasteiger partial charge in [0, 0.05) is 6.04 Å². The first-order valence-electron chi connectivity index (χ1n) is 7.48. The van der Waals surface area contributed by atoms with Crippen LogP contribution in [-0.2, 0) is 6.42 Å². The molecule has 2 nitrogen and oxygen atoms in total. The molecule has 2 aromatic rings. The number of aliphatic hydroxyl groups is 1. The van der Waals surface area contributed by atoms with E-state index in [1.165, 1.54) is 11.6 Å². The maximum atomic E-state index is 13.5. The molecule has 1 aliphatic carbocycles. The van der Waals surface area contributed by atoms with Gasteiger partial charge in [-0.1, -0.05) is 36.4 Å². The minimum absolute atomic E-state index is 0.0329. The molecule has 0 aromatic heterocycles. The van der Waals surface area contributed by atoms with E-state index in [0.29, 0.717) is 0 Å². The topological polar surface area (TPSA) is 32.3 Å². The predicted molar refractivity (Wildman–Crippen MR) is 81.5 cm³/mol. The van der Waals surface area contributed by atoms with Gasteiger partial charge in [0.1, 0.15) is 5.82 Å². The lowest BCUT2D eigenvalue weighted by atomic mass is 9.87. The molecular formula is C18H20FNO. The van der Waals surface area contributed by atoms with Crippen molar-refractivity contribution in [2.45, 2.75) is 31.3 Å². The minimum Gasteiger partial charge on any atom is -0.394 e. The second kappa shape index (κ2) is 6.37. The fourth-order valence-corrected chi connectivity index (χ4v) is 3.13. The van der Waals surface area contributed by atoms with Crippen LogP contribution in [0, 0.1) is 5.82 Å². The highest BCUT2D eigenvalue weighted by molar-refractivity contribution is 5.33. The van der Waals surface area contributed by atoms with Crippen molar-refractivity contribution in [1.82, 2.24) is 5.32 Å². The van der Waals surface area contributed by atoms with Crippen LogP contribution in [0.1, 0.15) is 41.6 Å². The van der Waals surface area contributed by atoms with Crippen LogP contribution in [0.2, 0.25) is 0 Å². The van der Waals surface area contributed by atoms with Crippen molar-refractivity contribution in [1.29, 1.82) is 0 Å². The highest BCUT2D eigenvalue weighted by atomic mass is 19.1. The molecule has 0 saturated heterocycles. The number of halogens is 1. The Labute approximate surface area is 124 Å². The zero-order valence-electron chi connectivity index (χ0n) is 11.9. The Morgan fingerprint density at radius 3 is 2.76 bits per heavy atom. The maximum Gasteiger partial charge on any atom is 0.123 e. The van der Waals surface area contributed by atoms with Gasteiger partial charge in [0.2, 0.25) is 0 Å². The van der Waals surface area contributed by atoms with E-state index >= 15 is 0 Å². The van der Waals surface area contributed by atoms with Crippen LogP contribution >= 0.6 is 0 Å². The van der Waals surface area contributed by atoms with Crippen molar-refractivity contribution >= 4 is 0 Å². The van der Waals surface area contributed by atoms with E-state index in [1.807, 2.05) is 36.4 Å². The lowest BCUT2D eigenvalue weighted by Crippen LogP contribution is -2.31. The van der Waals surface area contributed by atoms with Gasteiger partial charge in [0.05, 0.1) is 12.6 Å². The van der Waals surface area contributed by atoms with Crippen LogP contribution in [0.25, 0.3) is 0 Å². The number of hydrogen-bond acceptors (Lipinski definition) is 2. The largest absolute Gasteiger partial charge is 0.394 e. The maximum absolute atomic E-state index is 13.5. The third kappa shape index (κ3) is 3.14. The summed E-state index contributed by atoms with van der Waals surface area (Å²) < 4.78 is 13.5. The summed E-state index contributed by atoms with van der Waals surface area (Å²) in [6.07, 6.45) is 3.06. The molecule has 0 radical (unpaired) electrons. The monoisotopic (exact) mass is 285 g/mol. The number of rotatable bonds is 4. The molecule has 0 spiro atoms. The standard InChI is InChI=1S/C18H20FNO/c19-15-10-9-13-7-4-8-17(16(13)11-15)20-18(12-21)14-5-2-1-3-6-14/h1-3,5-6,9-11,17-18,20-21H,4,7-8,12H2. The second-order valence-electron chi connectivity index (χ2n) is 5.60. The average Bonchev–Trinajstić information content (AvgIpc) is 2.53. The quantitative estimate of drug-likeness (QED) is 0.900. The summed E-state index contributed by atoms with van der Waals surface area (Å²) in [6.45, 7) is 0.0329. The molecule has 110 valence electrons. The number of benzene rings is 2. The number of hydrogen-bond donors (Lipinski definition) is 2. The van der Waals surface area contributed by atoms with E-state index in [2.05, 4.69) is 5.32 Å². The van der Waals surface area contributed by atoms with Gasteiger partial charge < -0.3 is 10.4 Å². The Kier molecular flexibility index (Phi) is 4.32. The molecule has 3 rings (SSSR count). The van der Waals surface area contributed by atoms with Gasteiger partial charge in [-0.15, -0.1) is 0 Å². The van der Waals surface area contributed by atoms with Crippen LogP contribution in [0.5, 0.6) is 0 Å². The lowest BCUT2D eigenvalue weighted by Gasteiger charge is -2.30. The first-order chi connectivity index (χ1) is 10.3. The molecule has 0 bridgehead atoms.